The van der Waals surface area contributed by atoms with Crippen LogP contribution in [-0.2, 0) is 15.6 Å². The van der Waals surface area contributed by atoms with E-state index in [9.17, 15) is 18.0 Å². The summed E-state index contributed by atoms with van der Waals surface area (Å²) >= 11 is 0. The summed E-state index contributed by atoms with van der Waals surface area (Å²) in [6.45, 7) is 0. The Morgan fingerprint density at radius 2 is 1.30 bits per heavy atom. The van der Waals surface area contributed by atoms with E-state index in [-0.39, 0.29) is 11.7 Å². The summed E-state index contributed by atoms with van der Waals surface area (Å²) in [4.78, 5) is 24.6. The maximum atomic E-state index is 12.5. The largest absolute Gasteiger partial charge is 0.323 e. The molecule has 0 saturated heterocycles. The van der Waals surface area contributed by atoms with Gasteiger partial charge in [0.2, 0.25) is 0 Å². The molecule has 8 heteroatoms. The van der Waals surface area contributed by atoms with Crippen LogP contribution >= 0.6 is 0 Å². The topological polar surface area (TPSA) is 104 Å². The molecule has 3 rings (SSSR count). The molecule has 0 heterocycles. The van der Waals surface area contributed by atoms with Gasteiger partial charge in [0.15, 0.2) is 9.84 Å². The fraction of sp³-hybridized carbons (Fsp3) is 0.0909. The van der Waals surface area contributed by atoms with E-state index in [1.165, 1.54) is 0 Å². The number of hydrogen-bond donors (Lipinski definition) is 3. The van der Waals surface area contributed by atoms with Crippen LogP contribution in [0.5, 0.6) is 0 Å². The minimum absolute atomic E-state index is 0.0757. The minimum Gasteiger partial charge on any atom is -0.322 e. The third kappa shape index (κ3) is 6.46. The van der Waals surface area contributed by atoms with Gasteiger partial charge in [-0.25, -0.2) is 13.2 Å². The molecule has 0 aliphatic rings. The Hall–Kier alpha value is -3.65. The summed E-state index contributed by atoms with van der Waals surface area (Å²) in [5.41, 5.74) is 2.71. The normalized spacial score (nSPS) is 10.8. The SMILES string of the molecule is CS(=O)(=O)Cc1ccc(C(=O)Nc2cccc(NC(=O)Nc3ccccc3)c2)cc1. The predicted octanol–water partition coefficient (Wildman–Crippen LogP) is 4.13. The molecule has 0 atom stereocenters. The Kier molecular flexibility index (Phi) is 6.48. The molecule has 0 spiro atoms. The molecular weight excluding hydrogens is 402 g/mol. The molecule has 0 aliphatic carbocycles. The first kappa shape index (κ1) is 21.1. The second kappa shape index (κ2) is 9.23. The zero-order chi connectivity index (χ0) is 21.6. The van der Waals surface area contributed by atoms with Gasteiger partial charge >= 0.3 is 6.03 Å². The molecule has 0 bridgehead atoms. The van der Waals surface area contributed by atoms with E-state index in [1.54, 1.807) is 60.7 Å². The Morgan fingerprint density at radius 1 is 0.733 bits per heavy atom. The first-order valence-electron chi connectivity index (χ1n) is 9.10. The van der Waals surface area contributed by atoms with Crippen molar-refractivity contribution in [1.82, 2.24) is 0 Å². The highest BCUT2D eigenvalue weighted by molar-refractivity contribution is 7.89. The molecule has 3 N–H and O–H groups in total. The Balaban J connectivity index is 1.61. The van der Waals surface area contributed by atoms with Gasteiger partial charge in [-0.1, -0.05) is 36.4 Å². The molecule has 3 aromatic rings. The van der Waals surface area contributed by atoms with Crippen molar-refractivity contribution < 1.29 is 18.0 Å². The van der Waals surface area contributed by atoms with Crippen molar-refractivity contribution in [2.24, 2.45) is 0 Å². The molecule has 3 amide bonds. The Bertz CT molecular complexity index is 1140. The number of carbonyl (C=O) groups excluding carboxylic acids is 2. The van der Waals surface area contributed by atoms with Crippen molar-refractivity contribution in [3.8, 4) is 0 Å². The van der Waals surface area contributed by atoms with Crippen molar-refractivity contribution in [2.75, 3.05) is 22.2 Å². The lowest BCUT2D eigenvalue weighted by atomic mass is 10.1. The summed E-state index contributed by atoms with van der Waals surface area (Å²) in [6, 6.07) is 21.8. The Morgan fingerprint density at radius 3 is 1.93 bits per heavy atom. The van der Waals surface area contributed by atoms with Crippen LogP contribution in [-0.4, -0.2) is 26.6 Å². The number of sulfone groups is 1. The second-order valence-corrected chi connectivity index (χ2v) is 8.89. The van der Waals surface area contributed by atoms with Crippen LogP contribution in [0.2, 0.25) is 0 Å². The number of rotatable bonds is 6. The van der Waals surface area contributed by atoms with Gasteiger partial charge in [-0.05, 0) is 48.0 Å². The van der Waals surface area contributed by atoms with Crippen molar-refractivity contribution in [3.05, 3.63) is 90.0 Å². The molecule has 0 fully saturated rings. The third-order valence-electron chi connectivity index (χ3n) is 4.05. The minimum atomic E-state index is -3.13. The first-order valence-corrected chi connectivity index (χ1v) is 11.2. The van der Waals surface area contributed by atoms with Crippen LogP contribution in [0.25, 0.3) is 0 Å². The van der Waals surface area contributed by atoms with Crippen LogP contribution in [0, 0.1) is 0 Å². The highest BCUT2D eigenvalue weighted by atomic mass is 32.2. The molecule has 0 unspecified atom stereocenters. The van der Waals surface area contributed by atoms with E-state index in [4.69, 9.17) is 0 Å². The highest BCUT2D eigenvalue weighted by Crippen LogP contribution is 2.17. The van der Waals surface area contributed by atoms with Gasteiger partial charge in [0.05, 0.1) is 5.75 Å². The number of amides is 3. The summed E-state index contributed by atoms with van der Waals surface area (Å²) in [6.07, 6.45) is 1.16. The number of anilines is 3. The highest BCUT2D eigenvalue weighted by Gasteiger charge is 2.09. The summed E-state index contributed by atoms with van der Waals surface area (Å²) in [5, 5.41) is 8.19. The fourth-order valence-electron chi connectivity index (χ4n) is 2.75. The standard InChI is InChI=1S/C22H21N3O4S/c1-30(28,29)15-16-10-12-17(13-11-16)21(26)23-19-8-5-9-20(14-19)25-22(27)24-18-6-3-2-4-7-18/h2-14H,15H2,1H3,(H,23,26)(H2,24,25,27). The van der Waals surface area contributed by atoms with Gasteiger partial charge in [-0.3, -0.25) is 4.79 Å². The monoisotopic (exact) mass is 423 g/mol. The zero-order valence-corrected chi connectivity index (χ0v) is 17.1. The van der Waals surface area contributed by atoms with Crippen molar-refractivity contribution in [1.29, 1.82) is 0 Å². The number of carbonyl (C=O) groups is 2. The number of nitrogens with one attached hydrogen (secondary N) is 3. The molecule has 30 heavy (non-hydrogen) atoms. The van der Waals surface area contributed by atoms with Crippen molar-refractivity contribution in [2.45, 2.75) is 5.75 Å². The summed E-state index contributed by atoms with van der Waals surface area (Å²) in [7, 11) is -3.13. The van der Waals surface area contributed by atoms with Gasteiger partial charge in [0.1, 0.15) is 0 Å². The predicted molar refractivity (Wildman–Crippen MR) is 118 cm³/mol. The van der Waals surface area contributed by atoms with Crippen LogP contribution in [0.4, 0.5) is 21.9 Å². The fourth-order valence-corrected chi connectivity index (χ4v) is 3.55. The van der Waals surface area contributed by atoms with Crippen molar-refractivity contribution in [3.63, 3.8) is 0 Å². The molecule has 0 saturated carbocycles. The lowest BCUT2D eigenvalue weighted by Crippen LogP contribution is -2.19. The van der Waals surface area contributed by atoms with E-state index in [0.29, 0.717) is 28.2 Å². The zero-order valence-electron chi connectivity index (χ0n) is 16.3. The number of hydrogen-bond acceptors (Lipinski definition) is 4. The summed E-state index contributed by atoms with van der Waals surface area (Å²) in [5.74, 6) is -0.417. The maximum absolute atomic E-state index is 12.5. The molecular formula is C22H21N3O4S. The number of para-hydroxylation sites is 1. The average Bonchev–Trinajstić information content (AvgIpc) is 2.68. The lowest BCUT2D eigenvalue weighted by Gasteiger charge is -2.10. The molecule has 0 aromatic heterocycles. The molecule has 0 radical (unpaired) electrons. The van der Waals surface area contributed by atoms with Gasteiger partial charge in [-0.15, -0.1) is 0 Å². The van der Waals surface area contributed by atoms with E-state index in [1.807, 2.05) is 18.2 Å². The van der Waals surface area contributed by atoms with Crippen LogP contribution < -0.4 is 16.0 Å². The maximum Gasteiger partial charge on any atom is 0.323 e. The van der Waals surface area contributed by atoms with Gasteiger partial charge in [0.25, 0.3) is 5.91 Å². The van der Waals surface area contributed by atoms with E-state index in [0.717, 1.165) is 6.26 Å². The molecule has 3 aromatic carbocycles. The lowest BCUT2D eigenvalue weighted by molar-refractivity contribution is 0.102. The van der Waals surface area contributed by atoms with Crippen LogP contribution in [0.3, 0.4) is 0 Å². The number of urea groups is 1. The molecule has 154 valence electrons. The van der Waals surface area contributed by atoms with E-state index >= 15 is 0 Å². The van der Waals surface area contributed by atoms with Gasteiger partial charge in [-0.2, -0.15) is 0 Å². The summed E-state index contributed by atoms with van der Waals surface area (Å²) < 4.78 is 22.7. The van der Waals surface area contributed by atoms with Crippen molar-refractivity contribution >= 4 is 38.8 Å². The quantitative estimate of drug-likeness (QED) is 0.554. The average molecular weight is 423 g/mol. The van der Waals surface area contributed by atoms with Crippen LogP contribution in [0.15, 0.2) is 78.9 Å². The van der Waals surface area contributed by atoms with Gasteiger partial charge < -0.3 is 16.0 Å². The van der Waals surface area contributed by atoms with E-state index < -0.39 is 15.9 Å². The van der Waals surface area contributed by atoms with Gasteiger partial charge in [0, 0.05) is 28.9 Å². The van der Waals surface area contributed by atoms with Crippen LogP contribution in [0.1, 0.15) is 15.9 Å². The second-order valence-electron chi connectivity index (χ2n) is 6.75. The molecule has 0 aliphatic heterocycles. The smallest absolute Gasteiger partial charge is 0.322 e. The molecule has 7 nitrogen and oxygen atoms in total. The third-order valence-corrected chi connectivity index (χ3v) is 4.91. The van der Waals surface area contributed by atoms with E-state index in [2.05, 4.69) is 16.0 Å². The first-order chi connectivity index (χ1) is 14.3. The number of benzene rings is 3. The Labute approximate surface area is 175 Å².